The van der Waals surface area contributed by atoms with Crippen molar-refractivity contribution in [1.82, 2.24) is 0 Å². The molecule has 4 aliphatic rings. The molecule has 1 unspecified atom stereocenters. The Hall–Kier alpha value is 0.1000. The first-order chi connectivity index (χ1) is 10.8. The molecule has 3 nitrogen and oxygen atoms in total. The molecular formula is C19H29BrO3. The average molecular weight is 385 g/mol. The van der Waals surface area contributed by atoms with Crippen molar-refractivity contribution in [3.8, 4) is 0 Å². The van der Waals surface area contributed by atoms with Gasteiger partial charge in [0.05, 0.1) is 18.3 Å². The molecule has 0 aromatic rings. The summed E-state index contributed by atoms with van der Waals surface area (Å²) in [6.07, 6.45) is 7.88. The molecule has 0 saturated heterocycles. The van der Waals surface area contributed by atoms with Gasteiger partial charge in [-0.15, -0.1) is 0 Å². The lowest BCUT2D eigenvalue weighted by molar-refractivity contribution is -0.150. The van der Waals surface area contributed by atoms with Gasteiger partial charge in [-0.2, -0.15) is 0 Å². The van der Waals surface area contributed by atoms with Crippen molar-refractivity contribution in [2.45, 2.75) is 69.1 Å². The zero-order valence-corrected chi connectivity index (χ0v) is 15.6. The molecule has 4 rings (SSSR count). The maximum absolute atomic E-state index is 11.0. The number of halogens is 1. The van der Waals surface area contributed by atoms with Gasteiger partial charge < -0.3 is 15.3 Å². The van der Waals surface area contributed by atoms with Crippen molar-refractivity contribution in [1.29, 1.82) is 0 Å². The SMILES string of the molecule is C[C@]12CC[C@H]3[C@@H]([C@H](O)CC4C[C@@H](O)C=C[C@@]43C)[C@@H]1C[C@@H](Br)[C@@H]2O. The predicted octanol–water partition coefficient (Wildman–Crippen LogP) is 2.87. The van der Waals surface area contributed by atoms with Crippen LogP contribution in [0.25, 0.3) is 0 Å². The molecule has 0 bridgehead atoms. The van der Waals surface area contributed by atoms with Crippen molar-refractivity contribution < 1.29 is 15.3 Å². The van der Waals surface area contributed by atoms with Gasteiger partial charge >= 0.3 is 0 Å². The molecule has 3 saturated carbocycles. The third-order valence-corrected chi connectivity index (χ3v) is 8.99. The third-order valence-electron chi connectivity index (χ3n) is 8.12. The fraction of sp³-hybridized carbons (Fsp3) is 0.895. The molecule has 0 heterocycles. The van der Waals surface area contributed by atoms with E-state index in [1.165, 1.54) is 0 Å². The Morgan fingerprint density at radius 1 is 1.04 bits per heavy atom. The second-order valence-electron chi connectivity index (χ2n) is 9.06. The van der Waals surface area contributed by atoms with Gasteiger partial charge in [0.15, 0.2) is 0 Å². The van der Waals surface area contributed by atoms with Gasteiger partial charge in [-0.05, 0) is 66.6 Å². The van der Waals surface area contributed by atoms with E-state index in [0.29, 0.717) is 17.8 Å². The van der Waals surface area contributed by atoms with Crippen LogP contribution in [-0.2, 0) is 0 Å². The molecular weight excluding hydrogens is 356 g/mol. The van der Waals surface area contributed by atoms with Gasteiger partial charge in [0.2, 0.25) is 0 Å². The topological polar surface area (TPSA) is 60.7 Å². The quantitative estimate of drug-likeness (QED) is 0.444. The fourth-order valence-corrected chi connectivity index (χ4v) is 7.71. The number of fused-ring (bicyclic) bond motifs is 5. The van der Waals surface area contributed by atoms with Gasteiger partial charge in [-0.3, -0.25) is 0 Å². The van der Waals surface area contributed by atoms with Crippen LogP contribution >= 0.6 is 15.9 Å². The summed E-state index contributed by atoms with van der Waals surface area (Å²) < 4.78 is 0. The molecule has 0 aromatic carbocycles. The molecule has 130 valence electrons. The highest BCUT2D eigenvalue weighted by Crippen LogP contribution is 2.65. The van der Waals surface area contributed by atoms with Gasteiger partial charge in [0.1, 0.15) is 0 Å². The minimum Gasteiger partial charge on any atom is -0.393 e. The number of alkyl halides is 1. The molecule has 0 spiro atoms. The molecule has 0 amide bonds. The Kier molecular flexibility index (Phi) is 3.81. The van der Waals surface area contributed by atoms with Gasteiger partial charge in [-0.1, -0.05) is 41.9 Å². The minimum atomic E-state index is -0.356. The molecule has 0 radical (unpaired) electrons. The maximum atomic E-state index is 11.0. The van der Waals surface area contributed by atoms with E-state index < -0.39 is 0 Å². The summed E-state index contributed by atoms with van der Waals surface area (Å²) in [7, 11) is 0. The van der Waals surface area contributed by atoms with Gasteiger partial charge in [0, 0.05) is 4.83 Å². The maximum Gasteiger partial charge on any atom is 0.0724 e. The average Bonchev–Trinajstić information content (AvgIpc) is 2.73. The minimum absolute atomic E-state index is 0.0720. The highest BCUT2D eigenvalue weighted by atomic mass is 79.9. The number of aliphatic hydroxyl groups excluding tert-OH is 3. The van der Waals surface area contributed by atoms with Crippen LogP contribution in [0.4, 0.5) is 0 Å². The second-order valence-corrected chi connectivity index (χ2v) is 10.2. The lowest BCUT2D eigenvalue weighted by atomic mass is 9.45. The summed E-state index contributed by atoms with van der Waals surface area (Å²) in [4.78, 5) is 0.151. The number of allylic oxidation sites excluding steroid dienone is 1. The number of rotatable bonds is 0. The van der Waals surface area contributed by atoms with Crippen molar-refractivity contribution in [3.63, 3.8) is 0 Å². The van der Waals surface area contributed by atoms with E-state index in [9.17, 15) is 15.3 Å². The first-order valence-corrected chi connectivity index (χ1v) is 10.1. The zero-order valence-electron chi connectivity index (χ0n) is 14.0. The zero-order chi connectivity index (χ0) is 16.6. The van der Waals surface area contributed by atoms with Crippen LogP contribution in [-0.4, -0.2) is 38.5 Å². The van der Waals surface area contributed by atoms with Crippen LogP contribution in [0.1, 0.15) is 46.0 Å². The Labute approximate surface area is 147 Å². The standard InChI is InChI=1S/C19H29BrO3/c1-18-5-3-11(21)7-10(18)8-15(22)16-12(18)4-6-19(2)13(16)9-14(20)17(19)23/h3,5,10-17,21-23H,4,6-9H2,1-2H3/t10?,11-,12-,13-,14+,15+,16+,17-,18-,19-/m0/s1. The summed E-state index contributed by atoms with van der Waals surface area (Å²) in [6.45, 7) is 4.56. The molecule has 23 heavy (non-hydrogen) atoms. The van der Waals surface area contributed by atoms with Gasteiger partial charge in [0.25, 0.3) is 0 Å². The first kappa shape index (κ1) is 16.6. The van der Waals surface area contributed by atoms with E-state index in [4.69, 9.17) is 0 Å². The summed E-state index contributed by atoms with van der Waals surface area (Å²) in [5, 5.41) is 31.7. The van der Waals surface area contributed by atoms with E-state index >= 15 is 0 Å². The summed E-state index contributed by atoms with van der Waals surface area (Å²) >= 11 is 3.68. The third kappa shape index (κ3) is 2.17. The highest BCUT2D eigenvalue weighted by molar-refractivity contribution is 9.09. The monoisotopic (exact) mass is 384 g/mol. The van der Waals surface area contributed by atoms with Crippen molar-refractivity contribution in [2.24, 2.45) is 34.5 Å². The van der Waals surface area contributed by atoms with Crippen LogP contribution in [0.3, 0.4) is 0 Å². The van der Waals surface area contributed by atoms with Crippen LogP contribution in [0.15, 0.2) is 12.2 Å². The summed E-state index contributed by atoms with van der Waals surface area (Å²) in [6, 6.07) is 0. The normalized spacial score (nSPS) is 61.7. The van der Waals surface area contributed by atoms with E-state index in [1.807, 2.05) is 6.08 Å². The van der Waals surface area contributed by atoms with Crippen LogP contribution in [0.2, 0.25) is 0 Å². The number of aliphatic hydroxyl groups is 3. The van der Waals surface area contributed by atoms with Crippen molar-refractivity contribution >= 4 is 15.9 Å². The van der Waals surface area contributed by atoms with Crippen LogP contribution in [0, 0.1) is 34.5 Å². The summed E-state index contributed by atoms with van der Waals surface area (Å²) in [5.74, 6) is 1.48. The molecule has 3 N–H and O–H groups in total. The Balaban J connectivity index is 1.72. The molecule has 0 aromatic heterocycles. The molecule has 10 atom stereocenters. The number of hydrogen-bond acceptors (Lipinski definition) is 3. The van der Waals surface area contributed by atoms with Crippen molar-refractivity contribution in [2.75, 3.05) is 0 Å². The molecule has 3 fully saturated rings. The first-order valence-electron chi connectivity index (χ1n) is 9.15. The Morgan fingerprint density at radius 2 is 1.78 bits per heavy atom. The Morgan fingerprint density at radius 3 is 2.52 bits per heavy atom. The Bertz CT molecular complexity index is 523. The molecule has 4 aliphatic carbocycles. The highest BCUT2D eigenvalue weighted by Gasteiger charge is 2.63. The lowest BCUT2D eigenvalue weighted by Gasteiger charge is -2.60. The second kappa shape index (κ2) is 5.30. The van der Waals surface area contributed by atoms with Crippen molar-refractivity contribution in [3.05, 3.63) is 12.2 Å². The summed E-state index contributed by atoms with van der Waals surface area (Å²) in [5.41, 5.74) is 0.0111. The predicted molar refractivity (Wildman–Crippen MR) is 93.1 cm³/mol. The smallest absolute Gasteiger partial charge is 0.0724 e. The van der Waals surface area contributed by atoms with E-state index in [-0.39, 0.29) is 39.9 Å². The molecule has 4 heteroatoms. The van der Waals surface area contributed by atoms with E-state index in [0.717, 1.165) is 32.1 Å². The molecule has 0 aliphatic heterocycles. The number of hydrogen-bond donors (Lipinski definition) is 3. The fourth-order valence-electron chi connectivity index (χ4n) is 6.71. The van der Waals surface area contributed by atoms with Crippen LogP contribution < -0.4 is 0 Å². The van der Waals surface area contributed by atoms with Crippen LogP contribution in [0.5, 0.6) is 0 Å². The lowest BCUT2D eigenvalue weighted by Crippen LogP contribution is -2.57. The van der Waals surface area contributed by atoms with E-state index in [2.05, 4.69) is 35.9 Å². The van der Waals surface area contributed by atoms with E-state index in [1.54, 1.807) is 0 Å². The largest absolute Gasteiger partial charge is 0.393 e. The van der Waals surface area contributed by atoms with Gasteiger partial charge in [-0.25, -0.2) is 0 Å².